The van der Waals surface area contributed by atoms with E-state index in [0.29, 0.717) is 19.5 Å². The Morgan fingerprint density at radius 1 is 1.23 bits per heavy atom. The summed E-state index contributed by atoms with van der Waals surface area (Å²) in [6.07, 6.45) is 1.17. The van der Waals surface area contributed by atoms with E-state index in [0.717, 1.165) is 29.9 Å². The van der Waals surface area contributed by atoms with Gasteiger partial charge < -0.3 is 21.5 Å². The number of aryl methyl sites for hydroxylation is 1. The molecule has 2 amide bonds. The second-order valence-corrected chi connectivity index (χ2v) is 7.62. The van der Waals surface area contributed by atoms with E-state index in [2.05, 4.69) is 5.10 Å². The van der Waals surface area contributed by atoms with Crippen molar-refractivity contribution in [3.8, 4) is 5.69 Å². The molecule has 1 fully saturated rings. The fourth-order valence-electron chi connectivity index (χ4n) is 3.86. The Bertz CT molecular complexity index is 869. The Kier molecular flexibility index (Phi) is 7.07. The molecule has 0 saturated carbocycles. The summed E-state index contributed by atoms with van der Waals surface area (Å²) in [5, 5.41) is 14.3. The van der Waals surface area contributed by atoms with E-state index in [1.54, 1.807) is 9.58 Å². The fraction of sp³-hybridized carbons (Fsp3) is 0.476. The molecular formula is C21H30N6O3. The largest absolute Gasteiger partial charge is 0.465 e. The van der Waals surface area contributed by atoms with Gasteiger partial charge >= 0.3 is 6.09 Å². The van der Waals surface area contributed by atoms with E-state index in [9.17, 15) is 14.7 Å². The van der Waals surface area contributed by atoms with Crippen LogP contribution in [-0.4, -0.2) is 68.9 Å². The van der Waals surface area contributed by atoms with Crippen LogP contribution >= 0.6 is 0 Å². The van der Waals surface area contributed by atoms with E-state index in [1.165, 1.54) is 4.90 Å². The third kappa shape index (κ3) is 4.80. The molecular weight excluding hydrogens is 384 g/mol. The van der Waals surface area contributed by atoms with E-state index in [4.69, 9.17) is 11.5 Å². The summed E-state index contributed by atoms with van der Waals surface area (Å²) >= 11 is 0. The Balaban J connectivity index is 1.86. The topological polar surface area (TPSA) is 131 Å². The van der Waals surface area contributed by atoms with Gasteiger partial charge in [0.25, 0.3) is 0 Å². The van der Waals surface area contributed by atoms with Crippen LogP contribution < -0.4 is 11.5 Å². The minimum atomic E-state index is -1.02. The Hall–Kier alpha value is -2.91. The van der Waals surface area contributed by atoms with Crippen LogP contribution in [0.5, 0.6) is 0 Å². The average Bonchev–Trinajstić information content (AvgIpc) is 3.15. The summed E-state index contributed by atoms with van der Waals surface area (Å²) in [4.78, 5) is 27.9. The van der Waals surface area contributed by atoms with Crippen molar-refractivity contribution in [1.82, 2.24) is 19.6 Å². The van der Waals surface area contributed by atoms with E-state index >= 15 is 0 Å². The van der Waals surface area contributed by atoms with Crippen molar-refractivity contribution in [2.45, 2.75) is 38.3 Å². The Labute approximate surface area is 176 Å². The number of para-hydroxylation sites is 1. The van der Waals surface area contributed by atoms with Gasteiger partial charge in [-0.15, -0.1) is 0 Å². The Morgan fingerprint density at radius 2 is 1.97 bits per heavy atom. The number of carbonyl (C=O) groups excluding carboxylic acids is 1. The molecule has 3 rings (SSSR count). The molecule has 30 heavy (non-hydrogen) atoms. The van der Waals surface area contributed by atoms with Gasteiger partial charge in [-0.05, 0) is 44.5 Å². The number of carbonyl (C=O) groups is 2. The van der Waals surface area contributed by atoms with Crippen molar-refractivity contribution in [1.29, 1.82) is 0 Å². The van der Waals surface area contributed by atoms with Gasteiger partial charge in [0.1, 0.15) is 0 Å². The average molecular weight is 415 g/mol. The maximum Gasteiger partial charge on any atom is 0.407 e. The van der Waals surface area contributed by atoms with Crippen molar-refractivity contribution >= 4 is 12.0 Å². The van der Waals surface area contributed by atoms with Gasteiger partial charge in [0.2, 0.25) is 5.91 Å². The third-order valence-electron chi connectivity index (χ3n) is 5.43. The molecule has 5 N–H and O–H groups in total. The first-order valence-electron chi connectivity index (χ1n) is 10.3. The summed E-state index contributed by atoms with van der Waals surface area (Å²) < 4.78 is 1.76. The van der Waals surface area contributed by atoms with Crippen LogP contribution in [0.25, 0.3) is 5.69 Å². The lowest BCUT2D eigenvalue weighted by atomic mass is 10.0. The zero-order valence-corrected chi connectivity index (χ0v) is 17.3. The lowest BCUT2D eigenvalue weighted by Crippen LogP contribution is -2.55. The molecule has 9 heteroatoms. The van der Waals surface area contributed by atoms with Gasteiger partial charge in [-0.2, -0.15) is 5.10 Å². The highest BCUT2D eigenvalue weighted by molar-refractivity contribution is 5.82. The maximum atomic E-state index is 12.9. The number of nitrogens with two attached hydrogens (primary N) is 2. The van der Waals surface area contributed by atoms with Gasteiger partial charge in [-0.3, -0.25) is 9.69 Å². The minimum absolute atomic E-state index is 0.149. The number of rotatable bonds is 7. The highest BCUT2D eigenvalue weighted by Crippen LogP contribution is 2.28. The molecule has 2 heterocycles. The number of amides is 2. The van der Waals surface area contributed by atoms with Gasteiger partial charge in [-0.25, -0.2) is 9.48 Å². The first-order chi connectivity index (χ1) is 14.4. The quantitative estimate of drug-likeness (QED) is 0.589. The molecule has 162 valence electrons. The van der Waals surface area contributed by atoms with Crippen molar-refractivity contribution in [2.24, 2.45) is 11.5 Å². The number of unbranched alkanes of at least 4 members (excludes halogenated alkanes) is 1. The molecule has 2 atom stereocenters. The van der Waals surface area contributed by atoms with Crippen LogP contribution in [0.15, 0.2) is 36.4 Å². The van der Waals surface area contributed by atoms with Crippen LogP contribution in [0.1, 0.15) is 36.7 Å². The first-order valence-corrected chi connectivity index (χ1v) is 10.3. The van der Waals surface area contributed by atoms with E-state index < -0.39 is 18.2 Å². The van der Waals surface area contributed by atoms with Crippen LogP contribution in [0, 0.1) is 6.92 Å². The molecule has 2 aromatic rings. The highest BCUT2D eigenvalue weighted by Gasteiger charge is 2.36. The van der Waals surface area contributed by atoms with Crippen molar-refractivity contribution in [2.75, 3.05) is 26.2 Å². The van der Waals surface area contributed by atoms with E-state index in [1.807, 2.05) is 43.3 Å². The molecule has 0 spiro atoms. The summed E-state index contributed by atoms with van der Waals surface area (Å²) in [6.45, 7) is 3.23. The number of hydrogen-bond donors (Lipinski definition) is 3. The second kappa shape index (κ2) is 9.73. The van der Waals surface area contributed by atoms with Crippen LogP contribution in [0.3, 0.4) is 0 Å². The third-order valence-corrected chi connectivity index (χ3v) is 5.43. The molecule has 0 bridgehead atoms. The molecule has 0 radical (unpaired) electrons. The summed E-state index contributed by atoms with van der Waals surface area (Å²) in [7, 11) is 0. The second-order valence-electron chi connectivity index (χ2n) is 7.62. The van der Waals surface area contributed by atoms with E-state index in [-0.39, 0.29) is 19.0 Å². The number of piperazine rings is 1. The highest BCUT2D eigenvalue weighted by atomic mass is 16.4. The summed E-state index contributed by atoms with van der Waals surface area (Å²) in [5.74, 6) is -0.149. The first kappa shape index (κ1) is 21.8. The monoisotopic (exact) mass is 414 g/mol. The number of carboxylic acid groups (broad SMARTS) is 1. The minimum Gasteiger partial charge on any atom is -0.465 e. The standard InChI is InChI=1S/C21H30N6O3/c1-15-13-18(27(24-15)16-7-3-2-4-8-16)19-14-25(11-12-26(19)21(29)30)20(28)17(23)9-5-6-10-22/h2-4,7-8,13,17,19H,5-6,9-12,14,22-23H2,1H3,(H,29,30). The summed E-state index contributed by atoms with van der Waals surface area (Å²) in [6, 6.07) is 10.3. The zero-order valence-electron chi connectivity index (χ0n) is 17.3. The smallest absolute Gasteiger partial charge is 0.407 e. The number of hydrogen-bond acceptors (Lipinski definition) is 5. The lowest BCUT2D eigenvalue weighted by molar-refractivity contribution is -0.135. The number of aromatic nitrogens is 2. The predicted octanol–water partition coefficient (Wildman–Crippen LogP) is 1.50. The van der Waals surface area contributed by atoms with Crippen LogP contribution in [-0.2, 0) is 4.79 Å². The summed E-state index contributed by atoms with van der Waals surface area (Å²) in [5.41, 5.74) is 14.0. The number of benzene rings is 1. The predicted molar refractivity (Wildman–Crippen MR) is 113 cm³/mol. The number of nitrogens with zero attached hydrogens (tertiary/aromatic N) is 4. The van der Waals surface area contributed by atoms with Crippen molar-refractivity contribution in [3.05, 3.63) is 47.8 Å². The van der Waals surface area contributed by atoms with Gasteiger partial charge in [0.15, 0.2) is 0 Å². The van der Waals surface area contributed by atoms with Crippen molar-refractivity contribution in [3.63, 3.8) is 0 Å². The van der Waals surface area contributed by atoms with Gasteiger partial charge in [0, 0.05) is 19.6 Å². The molecule has 1 saturated heterocycles. The fourth-order valence-corrected chi connectivity index (χ4v) is 3.86. The van der Waals surface area contributed by atoms with Gasteiger partial charge in [0.05, 0.1) is 29.2 Å². The Morgan fingerprint density at radius 3 is 2.63 bits per heavy atom. The normalized spacial score (nSPS) is 17.8. The SMILES string of the molecule is Cc1cc(C2CN(C(=O)C(N)CCCCN)CCN2C(=O)O)n(-c2ccccc2)n1. The molecule has 0 aliphatic carbocycles. The lowest BCUT2D eigenvalue weighted by Gasteiger charge is -2.40. The molecule has 1 aliphatic rings. The molecule has 1 aliphatic heterocycles. The molecule has 1 aromatic heterocycles. The van der Waals surface area contributed by atoms with Crippen LogP contribution in [0.4, 0.5) is 4.79 Å². The van der Waals surface area contributed by atoms with Crippen LogP contribution in [0.2, 0.25) is 0 Å². The van der Waals surface area contributed by atoms with Crippen molar-refractivity contribution < 1.29 is 14.7 Å². The van der Waals surface area contributed by atoms with Gasteiger partial charge in [-0.1, -0.05) is 24.6 Å². The maximum absolute atomic E-state index is 12.9. The molecule has 9 nitrogen and oxygen atoms in total. The molecule has 2 unspecified atom stereocenters. The zero-order chi connectivity index (χ0) is 21.7. The molecule has 1 aromatic carbocycles.